The van der Waals surface area contributed by atoms with Gasteiger partial charge < -0.3 is 15.0 Å². The second kappa shape index (κ2) is 9.76. The fourth-order valence-electron chi connectivity index (χ4n) is 5.27. The number of nitrogens with one attached hydrogen (secondary N) is 1. The molecule has 2 aliphatic heterocycles. The highest BCUT2D eigenvalue weighted by molar-refractivity contribution is 6.38. The topological polar surface area (TPSA) is 96.0 Å². The zero-order valence-corrected chi connectivity index (χ0v) is 20.3. The average Bonchev–Trinajstić information content (AvgIpc) is 3.42. The first-order chi connectivity index (χ1) is 16.2. The third kappa shape index (κ3) is 5.10. The molecular weight excluding hydrogens is 434 g/mol. The van der Waals surface area contributed by atoms with Crippen LogP contribution in [0.4, 0.5) is 10.5 Å². The molecule has 1 aliphatic carbocycles. The van der Waals surface area contributed by atoms with Crippen molar-refractivity contribution in [1.82, 2.24) is 10.2 Å². The summed E-state index contributed by atoms with van der Waals surface area (Å²) in [5.41, 5.74) is 0.807. The standard InChI is InChI=1S/C26H35N3O5/c1-26(2,3)34-25(33)29-19-13-8-7-10-17(19)16-21(29)24(32)28-15-9-14-20(28)22(30)23(31)27-18-11-5-4-6-12-18/h7-8,10,13,18,20-21H,4-6,9,11-12,14-16H2,1-3H3,(H,27,31). The van der Waals surface area contributed by atoms with E-state index in [1.165, 1.54) is 9.80 Å². The monoisotopic (exact) mass is 469 g/mol. The van der Waals surface area contributed by atoms with E-state index in [9.17, 15) is 19.2 Å². The molecular formula is C26H35N3O5. The van der Waals surface area contributed by atoms with Gasteiger partial charge in [-0.2, -0.15) is 0 Å². The first kappa shape index (κ1) is 24.2. The number of para-hydroxylation sites is 1. The van der Waals surface area contributed by atoms with Crippen molar-refractivity contribution in [3.63, 3.8) is 0 Å². The van der Waals surface area contributed by atoms with Crippen molar-refractivity contribution in [3.05, 3.63) is 29.8 Å². The van der Waals surface area contributed by atoms with Gasteiger partial charge in [0.15, 0.2) is 0 Å². The lowest BCUT2D eigenvalue weighted by molar-refractivity contribution is -0.145. The van der Waals surface area contributed by atoms with E-state index in [2.05, 4.69) is 5.32 Å². The molecule has 0 radical (unpaired) electrons. The quantitative estimate of drug-likeness (QED) is 0.682. The molecule has 1 aromatic rings. The Morgan fingerprint density at radius 1 is 0.941 bits per heavy atom. The number of nitrogens with zero attached hydrogens (tertiary/aromatic N) is 2. The number of hydrogen-bond donors (Lipinski definition) is 1. The Bertz CT molecular complexity index is 963. The van der Waals surface area contributed by atoms with Crippen LogP contribution in [-0.2, 0) is 25.5 Å². The van der Waals surface area contributed by atoms with Gasteiger partial charge in [-0.25, -0.2) is 4.79 Å². The van der Waals surface area contributed by atoms with E-state index >= 15 is 0 Å². The normalized spacial score (nSPS) is 22.9. The summed E-state index contributed by atoms with van der Waals surface area (Å²) >= 11 is 0. The minimum absolute atomic E-state index is 0.0303. The second-order valence-corrected chi connectivity index (χ2v) is 10.6. The Kier molecular flexibility index (Phi) is 6.96. The van der Waals surface area contributed by atoms with Crippen molar-refractivity contribution in [2.75, 3.05) is 11.4 Å². The van der Waals surface area contributed by atoms with Gasteiger partial charge in [0.1, 0.15) is 17.7 Å². The molecule has 3 amide bonds. The highest BCUT2D eigenvalue weighted by Crippen LogP contribution is 2.35. The molecule has 2 unspecified atom stereocenters. The van der Waals surface area contributed by atoms with Crippen molar-refractivity contribution >= 4 is 29.4 Å². The Labute approximate surface area is 201 Å². The van der Waals surface area contributed by atoms with E-state index in [1.54, 1.807) is 26.8 Å². The number of ketones is 1. The van der Waals surface area contributed by atoms with Gasteiger partial charge in [-0.15, -0.1) is 0 Å². The molecule has 1 saturated carbocycles. The molecule has 1 aromatic carbocycles. The number of amides is 3. The summed E-state index contributed by atoms with van der Waals surface area (Å²) in [6, 6.07) is 5.82. The van der Waals surface area contributed by atoms with E-state index in [4.69, 9.17) is 4.74 Å². The van der Waals surface area contributed by atoms with Crippen LogP contribution in [0.25, 0.3) is 0 Å². The first-order valence-electron chi connectivity index (χ1n) is 12.4. The van der Waals surface area contributed by atoms with Crippen LogP contribution in [-0.4, -0.2) is 58.9 Å². The number of anilines is 1. The average molecular weight is 470 g/mol. The number of likely N-dealkylation sites (tertiary alicyclic amines) is 1. The number of Topliss-reactive ketones (excluding diaryl/α,β-unsaturated/α-hetero) is 1. The first-order valence-corrected chi connectivity index (χ1v) is 12.4. The molecule has 2 fully saturated rings. The molecule has 0 spiro atoms. The van der Waals surface area contributed by atoms with Gasteiger partial charge in [0.2, 0.25) is 11.7 Å². The summed E-state index contributed by atoms with van der Waals surface area (Å²) in [5, 5.41) is 2.88. The Morgan fingerprint density at radius 2 is 1.65 bits per heavy atom. The van der Waals surface area contributed by atoms with E-state index < -0.39 is 35.5 Å². The third-order valence-electron chi connectivity index (χ3n) is 6.85. The molecule has 0 aromatic heterocycles. The number of ether oxygens (including phenoxy) is 1. The van der Waals surface area contributed by atoms with Crippen LogP contribution in [0.1, 0.15) is 71.3 Å². The summed E-state index contributed by atoms with van der Waals surface area (Å²) < 4.78 is 5.60. The molecule has 8 heteroatoms. The summed E-state index contributed by atoms with van der Waals surface area (Å²) in [6.07, 6.45) is 5.89. The van der Waals surface area contributed by atoms with Gasteiger partial charge in [0.25, 0.3) is 5.91 Å². The smallest absolute Gasteiger partial charge is 0.415 e. The molecule has 4 rings (SSSR count). The second-order valence-electron chi connectivity index (χ2n) is 10.6. The molecule has 1 N–H and O–H groups in total. The van der Waals surface area contributed by atoms with Gasteiger partial charge >= 0.3 is 6.09 Å². The summed E-state index contributed by atoms with van der Waals surface area (Å²) in [7, 11) is 0. The van der Waals surface area contributed by atoms with Crippen molar-refractivity contribution in [2.24, 2.45) is 0 Å². The summed E-state index contributed by atoms with van der Waals surface area (Å²) in [6.45, 7) is 5.73. The fourth-order valence-corrected chi connectivity index (χ4v) is 5.27. The number of carbonyl (C=O) groups excluding carboxylic acids is 4. The number of benzene rings is 1. The van der Waals surface area contributed by atoms with Crippen molar-refractivity contribution in [3.8, 4) is 0 Å². The van der Waals surface area contributed by atoms with Gasteiger partial charge in [-0.05, 0) is 58.1 Å². The predicted octanol–water partition coefficient (Wildman–Crippen LogP) is 3.36. The van der Waals surface area contributed by atoms with Crippen LogP contribution in [0.3, 0.4) is 0 Å². The highest BCUT2D eigenvalue weighted by atomic mass is 16.6. The van der Waals surface area contributed by atoms with E-state index in [1.807, 2.05) is 18.2 Å². The molecule has 2 heterocycles. The van der Waals surface area contributed by atoms with E-state index in [-0.39, 0.29) is 11.9 Å². The van der Waals surface area contributed by atoms with Gasteiger partial charge in [0, 0.05) is 19.0 Å². The number of rotatable bonds is 4. The van der Waals surface area contributed by atoms with Crippen LogP contribution < -0.4 is 10.2 Å². The molecule has 3 aliphatic rings. The van der Waals surface area contributed by atoms with E-state index in [0.717, 1.165) is 37.7 Å². The lowest BCUT2D eigenvalue weighted by Crippen LogP contribution is -2.55. The Balaban J connectivity index is 1.51. The largest absolute Gasteiger partial charge is 0.443 e. The predicted molar refractivity (Wildman–Crippen MR) is 127 cm³/mol. The van der Waals surface area contributed by atoms with E-state index in [0.29, 0.717) is 31.5 Å². The lowest BCUT2D eigenvalue weighted by Gasteiger charge is -2.32. The van der Waals surface area contributed by atoms with Crippen LogP contribution in [0.2, 0.25) is 0 Å². The number of fused-ring (bicyclic) bond motifs is 1. The van der Waals surface area contributed by atoms with Crippen LogP contribution in [0.15, 0.2) is 24.3 Å². The summed E-state index contributed by atoms with van der Waals surface area (Å²) in [4.78, 5) is 55.5. The number of hydrogen-bond acceptors (Lipinski definition) is 5. The number of carbonyl (C=O) groups is 4. The Hall–Kier alpha value is -2.90. The molecule has 0 bridgehead atoms. The maximum absolute atomic E-state index is 13.7. The minimum Gasteiger partial charge on any atom is -0.443 e. The summed E-state index contributed by atoms with van der Waals surface area (Å²) in [5.74, 6) is -1.48. The van der Waals surface area contributed by atoms with Crippen molar-refractivity contribution in [1.29, 1.82) is 0 Å². The molecule has 2 atom stereocenters. The lowest BCUT2D eigenvalue weighted by atomic mass is 9.95. The van der Waals surface area contributed by atoms with Crippen LogP contribution >= 0.6 is 0 Å². The molecule has 1 saturated heterocycles. The maximum atomic E-state index is 13.7. The zero-order chi connectivity index (χ0) is 24.5. The van der Waals surface area contributed by atoms with Gasteiger partial charge in [-0.3, -0.25) is 19.3 Å². The van der Waals surface area contributed by atoms with Gasteiger partial charge in [-0.1, -0.05) is 37.5 Å². The fraction of sp³-hybridized carbons (Fsp3) is 0.615. The maximum Gasteiger partial charge on any atom is 0.415 e. The minimum atomic E-state index is -0.804. The van der Waals surface area contributed by atoms with Gasteiger partial charge in [0.05, 0.1) is 5.69 Å². The highest BCUT2D eigenvalue weighted by Gasteiger charge is 2.46. The molecule has 8 nitrogen and oxygen atoms in total. The van der Waals surface area contributed by atoms with Crippen molar-refractivity contribution < 1.29 is 23.9 Å². The molecule has 184 valence electrons. The zero-order valence-electron chi connectivity index (χ0n) is 20.3. The molecule has 34 heavy (non-hydrogen) atoms. The van der Waals surface area contributed by atoms with Crippen molar-refractivity contribution in [2.45, 2.75) is 95.9 Å². The SMILES string of the molecule is CC(C)(C)OC(=O)N1c2ccccc2CC1C(=O)N1CCCC1C(=O)C(=O)NC1CCCCC1. The van der Waals surface area contributed by atoms with Crippen LogP contribution in [0, 0.1) is 0 Å². The third-order valence-corrected chi connectivity index (χ3v) is 6.85. The Morgan fingerprint density at radius 3 is 2.35 bits per heavy atom. The van der Waals surface area contributed by atoms with Crippen LogP contribution in [0.5, 0.6) is 0 Å².